The standard InChI is InChI=1S/C9H11OS/c1-7-3-4-9(11-2)8(5-7)6-10/h3-6,10H,1-2H3. The normalized spacial score (nSPS) is 10.1. The molecule has 1 radical (unpaired) electrons. The molecule has 0 saturated heterocycles. The maximum atomic E-state index is 8.84. The van der Waals surface area contributed by atoms with E-state index in [1.54, 1.807) is 11.8 Å². The van der Waals surface area contributed by atoms with Crippen molar-refractivity contribution in [2.45, 2.75) is 11.8 Å². The van der Waals surface area contributed by atoms with Gasteiger partial charge in [-0.1, -0.05) is 17.7 Å². The molecule has 1 aromatic rings. The van der Waals surface area contributed by atoms with Gasteiger partial charge >= 0.3 is 0 Å². The number of rotatable bonds is 2. The van der Waals surface area contributed by atoms with Crippen LogP contribution in [0.4, 0.5) is 0 Å². The van der Waals surface area contributed by atoms with Gasteiger partial charge in [0.1, 0.15) is 6.61 Å². The molecule has 0 aliphatic carbocycles. The number of hydrogen-bond acceptors (Lipinski definition) is 2. The molecule has 0 fully saturated rings. The quantitative estimate of drug-likeness (QED) is 0.683. The van der Waals surface area contributed by atoms with Gasteiger partial charge in [-0.05, 0) is 24.8 Å². The third-order valence-corrected chi connectivity index (χ3v) is 2.34. The second kappa shape index (κ2) is 3.79. The van der Waals surface area contributed by atoms with Crippen molar-refractivity contribution in [3.05, 3.63) is 35.9 Å². The lowest BCUT2D eigenvalue weighted by molar-refractivity contribution is 0.412. The zero-order valence-corrected chi connectivity index (χ0v) is 7.48. The minimum Gasteiger partial charge on any atom is -0.385 e. The molecule has 0 aliphatic rings. The van der Waals surface area contributed by atoms with Crippen molar-refractivity contribution in [3.63, 3.8) is 0 Å². The van der Waals surface area contributed by atoms with E-state index in [9.17, 15) is 0 Å². The van der Waals surface area contributed by atoms with Crippen LogP contribution in [0.15, 0.2) is 23.1 Å². The minimum absolute atomic E-state index is 0.900. The first-order valence-electron chi connectivity index (χ1n) is 3.40. The average Bonchev–Trinajstić information content (AvgIpc) is 2.04. The van der Waals surface area contributed by atoms with Crippen LogP contribution in [0.3, 0.4) is 0 Å². The minimum atomic E-state index is 0.900. The molecule has 0 aromatic heterocycles. The van der Waals surface area contributed by atoms with Crippen LogP contribution in [-0.4, -0.2) is 11.4 Å². The van der Waals surface area contributed by atoms with Crippen LogP contribution in [-0.2, 0) is 0 Å². The van der Waals surface area contributed by atoms with E-state index in [2.05, 4.69) is 0 Å². The largest absolute Gasteiger partial charge is 0.385 e. The van der Waals surface area contributed by atoms with Crippen molar-refractivity contribution in [1.29, 1.82) is 0 Å². The van der Waals surface area contributed by atoms with Gasteiger partial charge in [-0.3, -0.25) is 0 Å². The van der Waals surface area contributed by atoms with Crippen molar-refractivity contribution in [2.24, 2.45) is 0 Å². The smallest absolute Gasteiger partial charge is 0.110 e. The summed E-state index contributed by atoms with van der Waals surface area (Å²) >= 11 is 1.64. The molecule has 1 aromatic carbocycles. The summed E-state index contributed by atoms with van der Waals surface area (Å²) in [6.07, 6.45) is 2.00. The van der Waals surface area contributed by atoms with Crippen molar-refractivity contribution < 1.29 is 5.11 Å². The molecule has 0 aliphatic heterocycles. The van der Waals surface area contributed by atoms with Gasteiger partial charge < -0.3 is 5.11 Å². The van der Waals surface area contributed by atoms with Gasteiger partial charge in [0.25, 0.3) is 0 Å². The number of thioether (sulfide) groups is 1. The summed E-state index contributed by atoms with van der Waals surface area (Å²) in [7, 11) is 0. The SMILES string of the molecule is CSc1ccc(C)cc1[CH]O. The number of aryl methyl sites for hydroxylation is 1. The number of hydrogen-bond donors (Lipinski definition) is 1. The summed E-state index contributed by atoms with van der Waals surface area (Å²) in [6, 6.07) is 6.02. The molecule has 0 amide bonds. The van der Waals surface area contributed by atoms with Crippen molar-refractivity contribution in [1.82, 2.24) is 0 Å². The van der Waals surface area contributed by atoms with Gasteiger partial charge in [0.15, 0.2) is 0 Å². The lowest BCUT2D eigenvalue weighted by Crippen LogP contribution is -1.85. The highest BCUT2D eigenvalue weighted by Crippen LogP contribution is 2.21. The Hall–Kier alpha value is -0.470. The van der Waals surface area contributed by atoms with Crippen molar-refractivity contribution in [3.8, 4) is 0 Å². The third kappa shape index (κ3) is 1.98. The first-order valence-corrected chi connectivity index (χ1v) is 4.62. The molecule has 0 saturated carbocycles. The molecule has 0 unspecified atom stereocenters. The maximum absolute atomic E-state index is 8.84. The Balaban J connectivity index is 3.06. The second-order valence-corrected chi connectivity index (χ2v) is 3.22. The molecule has 1 N–H and O–H groups in total. The summed E-state index contributed by atoms with van der Waals surface area (Å²) in [5.41, 5.74) is 2.07. The zero-order valence-electron chi connectivity index (χ0n) is 6.66. The topological polar surface area (TPSA) is 20.2 Å². The van der Waals surface area contributed by atoms with Crippen LogP contribution in [0.25, 0.3) is 0 Å². The Kier molecular flexibility index (Phi) is 2.97. The molecule has 1 rings (SSSR count). The van der Waals surface area contributed by atoms with Crippen LogP contribution in [0.5, 0.6) is 0 Å². The maximum Gasteiger partial charge on any atom is 0.110 e. The highest BCUT2D eigenvalue weighted by molar-refractivity contribution is 7.98. The predicted molar refractivity (Wildman–Crippen MR) is 48.3 cm³/mol. The lowest BCUT2D eigenvalue weighted by Gasteiger charge is -2.03. The fourth-order valence-corrected chi connectivity index (χ4v) is 1.51. The van der Waals surface area contributed by atoms with Gasteiger partial charge in [-0.25, -0.2) is 0 Å². The van der Waals surface area contributed by atoms with Gasteiger partial charge in [-0.2, -0.15) is 0 Å². The summed E-state index contributed by atoms with van der Waals surface area (Å²) < 4.78 is 0. The number of aliphatic hydroxyl groups excluding tert-OH is 1. The molecule has 2 heteroatoms. The van der Waals surface area contributed by atoms with E-state index in [-0.39, 0.29) is 0 Å². The van der Waals surface area contributed by atoms with E-state index in [4.69, 9.17) is 5.11 Å². The molecule has 11 heavy (non-hydrogen) atoms. The van der Waals surface area contributed by atoms with Gasteiger partial charge in [-0.15, -0.1) is 11.8 Å². The Morgan fingerprint density at radius 2 is 2.18 bits per heavy atom. The number of benzene rings is 1. The first kappa shape index (κ1) is 8.62. The Labute approximate surface area is 71.4 Å². The zero-order chi connectivity index (χ0) is 8.27. The van der Waals surface area contributed by atoms with Crippen molar-refractivity contribution in [2.75, 3.05) is 6.26 Å². The first-order chi connectivity index (χ1) is 5.27. The van der Waals surface area contributed by atoms with E-state index in [1.165, 1.54) is 5.56 Å². The monoisotopic (exact) mass is 167 g/mol. The molecule has 0 atom stereocenters. The summed E-state index contributed by atoms with van der Waals surface area (Å²) in [4.78, 5) is 1.11. The Morgan fingerprint density at radius 3 is 2.73 bits per heavy atom. The van der Waals surface area contributed by atoms with Gasteiger partial charge in [0.05, 0.1) is 0 Å². The predicted octanol–water partition coefficient (Wildman–Crippen LogP) is 2.60. The summed E-state index contributed by atoms with van der Waals surface area (Å²) in [5, 5.41) is 8.84. The Bertz CT molecular complexity index is 245. The van der Waals surface area contributed by atoms with Crippen LogP contribution in [0.1, 0.15) is 11.1 Å². The average molecular weight is 167 g/mol. The van der Waals surface area contributed by atoms with E-state index in [0.29, 0.717) is 0 Å². The van der Waals surface area contributed by atoms with Crippen LogP contribution in [0, 0.1) is 13.5 Å². The van der Waals surface area contributed by atoms with Crippen molar-refractivity contribution >= 4 is 11.8 Å². The summed E-state index contributed by atoms with van der Waals surface area (Å²) in [5.74, 6) is 0. The van der Waals surface area contributed by atoms with Gasteiger partial charge in [0, 0.05) is 4.90 Å². The Morgan fingerprint density at radius 1 is 1.45 bits per heavy atom. The molecular formula is C9H11OS. The summed E-state index contributed by atoms with van der Waals surface area (Å²) in [6.45, 7) is 3.16. The fraction of sp³-hybridized carbons (Fsp3) is 0.222. The van der Waals surface area contributed by atoms with Crippen LogP contribution >= 0.6 is 11.8 Å². The molecule has 59 valence electrons. The third-order valence-electron chi connectivity index (χ3n) is 1.52. The fourth-order valence-electron chi connectivity index (χ4n) is 0.955. The van der Waals surface area contributed by atoms with Crippen LogP contribution < -0.4 is 0 Å². The number of aliphatic hydroxyl groups is 1. The molecule has 1 nitrogen and oxygen atoms in total. The van der Waals surface area contributed by atoms with E-state index >= 15 is 0 Å². The molecule has 0 heterocycles. The highest BCUT2D eigenvalue weighted by Gasteiger charge is 1.99. The van der Waals surface area contributed by atoms with Crippen LogP contribution in [0.2, 0.25) is 0 Å². The lowest BCUT2D eigenvalue weighted by atomic mass is 10.1. The molecule has 0 bridgehead atoms. The second-order valence-electron chi connectivity index (χ2n) is 2.37. The molecule has 0 spiro atoms. The van der Waals surface area contributed by atoms with E-state index in [0.717, 1.165) is 17.1 Å². The van der Waals surface area contributed by atoms with Gasteiger partial charge in [0.2, 0.25) is 0 Å². The van der Waals surface area contributed by atoms with E-state index in [1.807, 2.05) is 31.4 Å². The molecular weight excluding hydrogens is 156 g/mol. The van der Waals surface area contributed by atoms with E-state index < -0.39 is 0 Å². The highest BCUT2D eigenvalue weighted by atomic mass is 32.2.